The van der Waals surface area contributed by atoms with Gasteiger partial charge in [-0.05, 0) is 12.1 Å². The third kappa shape index (κ3) is 1.76. The topological polar surface area (TPSA) is 71.7 Å². The van der Waals surface area contributed by atoms with Crippen LogP contribution in [-0.4, -0.2) is 48.3 Å². The van der Waals surface area contributed by atoms with Gasteiger partial charge in [-0.1, -0.05) is 0 Å². The van der Waals surface area contributed by atoms with E-state index in [0.29, 0.717) is 32.1 Å². The number of rotatable bonds is 1. The lowest BCUT2D eigenvalue weighted by Gasteiger charge is -2.42. The summed E-state index contributed by atoms with van der Waals surface area (Å²) < 4.78 is 18.7. The second-order valence-electron chi connectivity index (χ2n) is 4.41. The van der Waals surface area contributed by atoms with Gasteiger partial charge in [0.1, 0.15) is 18.0 Å². The Bertz CT molecular complexity index is 496. The monoisotopic (exact) mass is 252 g/mol. The molecule has 96 valence electrons. The second kappa shape index (κ2) is 4.09. The second-order valence-corrected chi connectivity index (χ2v) is 4.41. The first-order chi connectivity index (χ1) is 8.65. The van der Waals surface area contributed by atoms with E-state index >= 15 is 0 Å². The van der Waals surface area contributed by atoms with E-state index in [-0.39, 0.29) is 11.7 Å². The third-order valence-corrected chi connectivity index (χ3v) is 3.25. The summed E-state index contributed by atoms with van der Waals surface area (Å²) in [6, 6.07) is 3.30. The number of hydrogen-bond donors (Lipinski definition) is 1. The fourth-order valence-corrected chi connectivity index (χ4v) is 2.35. The lowest BCUT2D eigenvalue weighted by molar-refractivity contribution is -0.00338. The van der Waals surface area contributed by atoms with Crippen LogP contribution >= 0.6 is 0 Å². The maximum absolute atomic E-state index is 13.2. The van der Waals surface area contributed by atoms with E-state index in [1.165, 1.54) is 0 Å². The molecular formula is C11H13FN4O2. The highest BCUT2D eigenvalue weighted by Gasteiger charge is 2.33. The van der Waals surface area contributed by atoms with Crippen molar-refractivity contribution in [1.29, 1.82) is 0 Å². The number of primary amides is 1. The van der Waals surface area contributed by atoms with Crippen LogP contribution in [0.25, 0.3) is 0 Å². The number of pyridine rings is 1. The van der Waals surface area contributed by atoms with Crippen LogP contribution in [0.5, 0.6) is 5.88 Å². The molecule has 1 unspecified atom stereocenters. The van der Waals surface area contributed by atoms with Crippen molar-refractivity contribution in [2.45, 2.75) is 6.04 Å². The lowest BCUT2D eigenvalue weighted by atomic mass is 10.1. The Morgan fingerprint density at radius 2 is 2.33 bits per heavy atom. The summed E-state index contributed by atoms with van der Waals surface area (Å²) in [6.45, 7) is 1.61. The quantitative estimate of drug-likeness (QED) is 0.709. The van der Waals surface area contributed by atoms with E-state index in [2.05, 4.69) is 9.88 Å². The summed E-state index contributed by atoms with van der Waals surface area (Å²) in [5.41, 5.74) is 6.14. The number of carbonyl (C=O) groups excluding carboxylic acids is 1. The highest BCUT2D eigenvalue weighted by atomic mass is 19.2. The van der Waals surface area contributed by atoms with Crippen molar-refractivity contribution in [3.63, 3.8) is 0 Å². The predicted octanol–water partition coefficient (Wildman–Crippen LogP) is -0.0520. The van der Waals surface area contributed by atoms with Crippen LogP contribution in [0.4, 0.5) is 10.2 Å². The first-order valence-electron chi connectivity index (χ1n) is 5.76. The first-order valence-corrected chi connectivity index (χ1v) is 5.76. The van der Waals surface area contributed by atoms with E-state index in [0.717, 1.165) is 10.8 Å². The molecule has 1 amide bonds. The Morgan fingerprint density at radius 3 is 3.11 bits per heavy atom. The van der Waals surface area contributed by atoms with Gasteiger partial charge in [0.05, 0.1) is 12.6 Å². The van der Waals surface area contributed by atoms with Crippen LogP contribution in [0.2, 0.25) is 0 Å². The Balaban J connectivity index is 1.93. The summed E-state index contributed by atoms with van der Waals surface area (Å²) >= 11 is 0. The summed E-state index contributed by atoms with van der Waals surface area (Å²) in [7, 11) is 0. The van der Waals surface area contributed by atoms with Crippen molar-refractivity contribution in [2.75, 3.05) is 31.1 Å². The van der Waals surface area contributed by atoms with Crippen LogP contribution < -0.4 is 15.4 Å². The van der Waals surface area contributed by atoms with Crippen molar-refractivity contribution >= 4 is 11.6 Å². The van der Waals surface area contributed by atoms with Crippen LogP contribution in [-0.2, 0) is 0 Å². The standard InChI is InChI=1S/C11H13FN4O2/c12-15-3-4-16-7(5-15)6-18-11-9(16)2-1-8(14-11)10(13)17/h1-2,7H,3-6H2,(H2,13,17). The smallest absolute Gasteiger partial charge is 0.267 e. The molecule has 3 rings (SSSR count). The number of anilines is 1. The van der Waals surface area contributed by atoms with Gasteiger partial charge in [0, 0.05) is 13.1 Å². The summed E-state index contributed by atoms with van der Waals surface area (Å²) in [5, 5.41) is 0.792. The van der Waals surface area contributed by atoms with E-state index in [4.69, 9.17) is 10.5 Å². The molecule has 0 saturated carbocycles. The number of carbonyl (C=O) groups is 1. The summed E-state index contributed by atoms with van der Waals surface area (Å²) in [5.74, 6) is -0.188. The highest BCUT2D eigenvalue weighted by molar-refractivity contribution is 5.91. The Hall–Kier alpha value is -1.89. The predicted molar refractivity (Wildman–Crippen MR) is 62.1 cm³/mol. The molecule has 1 saturated heterocycles. The number of hydrogen-bond acceptors (Lipinski definition) is 5. The van der Waals surface area contributed by atoms with Crippen LogP contribution in [0.3, 0.4) is 0 Å². The maximum Gasteiger partial charge on any atom is 0.267 e. The van der Waals surface area contributed by atoms with Gasteiger partial charge < -0.3 is 15.4 Å². The van der Waals surface area contributed by atoms with Gasteiger partial charge in [-0.3, -0.25) is 4.79 Å². The number of nitrogens with zero attached hydrogens (tertiary/aromatic N) is 3. The largest absolute Gasteiger partial charge is 0.474 e. The minimum Gasteiger partial charge on any atom is -0.474 e. The van der Waals surface area contributed by atoms with Gasteiger partial charge in [-0.2, -0.15) is 0 Å². The van der Waals surface area contributed by atoms with Crippen LogP contribution in [0, 0.1) is 0 Å². The van der Waals surface area contributed by atoms with Gasteiger partial charge in [-0.15, -0.1) is 9.60 Å². The Morgan fingerprint density at radius 1 is 1.50 bits per heavy atom. The minimum atomic E-state index is -0.586. The zero-order valence-corrected chi connectivity index (χ0v) is 9.67. The van der Waals surface area contributed by atoms with Crippen molar-refractivity contribution in [2.24, 2.45) is 5.73 Å². The van der Waals surface area contributed by atoms with Gasteiger partial charge in [0.15, 0.2) is 0 Å². The molecule has 0 spiro atoms. The zero-order valence-electron chi connectivity index (χ0n) is 9.67. The fourth-order valence-electron chi connectivity index (χ4n) is 2.35. The van der Waals surface area contributed by atoms with E-state index < -0.39 is 5.91 Å². The fraction of sp³-hybridized carbons (Fsp3) is 0.455. The first kappa shape index (κ1) is 11.2. The van der Waals surface area contributed by atoms with Crippen molar-refractivity contribution in [3.05, 3.63) is 17.8 Å². The zero-order chi connectivity index (χ0) is 12.7. The molecule has 0 aliphatic carbocycles. The molecule has 7 heteroatoms. The lowest BCUT2D eigenvalue weighted by Crippen LogP contribution is -2.55. The molecule has 2 N–H and O–H groups in total. The molecule has 1 aromatic rings. The van der Waals surface area contributed by atoms with Crippen molar-refractivity contribution in [3.8, 4) is 5.88 Å². The van der Waals surface area contributed by atoms with Gasteiger partial charge in [-0.25, -0.2) is 4.98 Å². The Labute approximate surface area is 103 Å². The molecule has 3 heterocycles. The summed E-state index contributed by atoms with van der Waals surface area (Å²) in [6.07, 6.45) is 0. The number of piperazine rings is 1. The molecule has 1 fully saturated rings. The van der Waals surface area contributed by atoms with E-state index in [1.807, 2.05) is 0 Å². The SMILES string of the molecule is NC(=O)c1ccc2c(n1)OCC1CN(F)CCN21. The van der Waals surface area contributed by atoms with Crippen molar-refractivity contribution < 1.29 is 14.0 Å². The Kier molecular flexibility index (Phi) is 2.55. The number of amides is 1. The molecule has 0 bridgehead atoms. The average molecular weight is 252 g/mol. The number of ether oxygens (including phenoxy) is 1. The van der Waals surface area contributed by atoms with Gasteiger partial charge in [0.2, 0.25) is 5.88 Å². The minimum absolute atomic E-state index is 0.0162. The average Bonchev–Trinajstić information content (AvgIpc) is 2.37. The maximum atomic E-state index is 13.2. The third-order valence-electron chi connectivity index (χ3n) is 3.25. The molecule has 18 heavy (non-hydrogen) atoms. The number of nitrogens with two attached hydrogens (primary N) is 1. The highest BCUT2D eigenvalue weighted by Crippen LogP contribution is 2.33. The van der Waals surface area contributed by atoms with Crippen LogP contribution in [0.15, 0.2) is 12.1 Å². The number of halogens is 1. The van der Waals surface area contributed by atoms with Gasteiger partial charge >= 0.3 is 0 Å². The molecular weight excluding hydrogens is 239 g/mol. The molecule has 2 aliphatic rings. The van der Waals surface area contributed by atoms with Crippen molar-refractivity contribution in [1.82, 2.24) is 10.1 Å². The number of fused-ring (bicyclic) bond motifs is 3. The molecule has 0 aromatic carbocycles. The van der Waals surface area contributed by atoms with Crippen LogP contribution in [0.1, 0.15) is 10.5 Å². The van der Waals surface area contributed by atoms with Gasteiger partial charge in [0.25, 0.3) is 5.91 Å². The van der Waals surface area contributed by atoms with E-state index in [9.17, 15) is 9.28 Å². The molecule has 6 nitrogen and oxygen atoms in total. The summed E-state index contributed by atoms with van der Waals surface area (Å²) in [4.78, 5) is 17.2. The molecule has 2 aliphatic heterocycles. The molecule has 0 radical (unpaired) electrons. The molecule has 1 aromatic heterocycles. The van der Waals surface area contributed by atoms with E-state index in [1.54, 1.807) is 12.1 Å². The number of aromatic nitrogens is 1. The normalized spacial score (nSPS) is 22.9. The molecule has 1 atom stereocenters.